The van der Waals surface area contributed by atoms with Crippen molar-refractivity contribution in [2.75, 3.05) is 13.1 Å². The summed E-state index contributed by atoms with van der Waals surface area (Å²) < 4.78 is 3.46. The number of rotatable bonds is 7. The van der Waals surface area contributed by atoms with Crippen LogP contribution in [0.15, 0.2) is 30.9 Å². The topological polar surface area (TPSA) is 80.8 Å². The molecule has 0 aliphatic carbocycles. The van der Waals surface area contributed by atoms with Crippen LogP contribution in [-0.2, 0) is 13.1 Å². The van der Waals surface area contributed by atoms with Gasteiger partial charge in [-0.05, 0) is 6.07 Å². The molecular weight excluding hydrogens is 220 g/mol. The summed E-state index contributed by atoms with van der Waals surface area (Å²) in [5, 5.41) is 24.5. The van der Waals surface area contributed by atoms with E-state index >= 15 is 0 Å². The van der Waals surface area contributed by atoms with Crippen molar-refractivity contribution in [1.29, 1.82) is 0 Å². The molecule has 2 heterocycles. The lowest BCUT2D eigenvalue weighted by Crippen LogP contribution is -2.32. The van der Waals surface area contributed by atoms with Crippen molar-refractivity contribution in [2.24, 2.45) is 0 Å². The maximum absolute atomic E-state index is 9.72. The highest BCUT2D eigenvalue weighted by Crippen LogP contribution is 1.90. The number of nitrogens with zero attached hydrogens (tertiary/aromatic N) is 5. The number of aliphatic hydroxyl groups excluding tert-OH is 1. The second-order valence-electron chi connectivity index (χ2n) is 3.75. The molecule has 17 heavy (non-hydrogen) atoms. The van der Waals surface area contributed by atoms with Crippen LogP contribution in [0, 0.1) is 0 Å². The maximum Gasteiger partial charge on any atom is 0.0860 e. The first-order valence-electron chi connectivity index (χ1n) is 5.55. The smallest absolute Gasteiger partial charge is 0.0860 e. The highest BCUT2D eigenvalue weighted by molar-refractivity contribution is 4.78. The second-order valence-corrected chi connectivity index (χ2v) is 3.75. The van der Waals surface area contributed by atoms with Gasteiger partial charge in [-0.3, -0.25) is 9.36 Å². The summed E-state index contributed by atoms with van der Waals surface area (Å²) in [6, 6.07) is 1.84. The molecule has 0 aliphatic heterocycles. The van der Waals surface area contributed by atoms with Gasteiger partial charge in [0.15, 0.2) is 0 Å². The fourth-order valence-electron chi connectivity index (χ4n) is 1.50. The Morgan fingerprint density at radius 3 is 2.88 bits per heavy atom. The minimum absolute atomic E-state index is 0.439. The Kier molecular flexibility index (Phi) is 4.23. The van der Waals surface area contributed by atoms with E-state index in [2.05, 4.69) is 20.7 Å². The summed E-state index contributed by atoms with van der Waals surface area (Å²) in [5.41, 5.74) is 0. The van der Waals surface area contributed by atoms with Gasteiger partial charge < -0.3 is 10.4 Å². The molecule has 0 saturated heterocycles. The van der Waals surface area contributed by atoms with E-state index in [9.17, 15) is 5.11 Å². The molecule has 0 spiro atoms. The molecule has 0 aromatic carbocycles. The lowest BCUT2D eigenvalue weighted by Gasteiger charge is -2.11. The van der Waals surface area contributed by atoms with Crippen LogP contribution in [0.2, 0.25) is 0 Å². The highest BCUT2D eigenvalue weighted by Gasteiger charge is 2.04. The fraction of sp³-hybridized carbons (Fsp3) is 0.500. The molecule has 0 fully saturated rings. The fourth-order valence-corrected chi connectivity index (χ4v) is 1.50. The zero-order valence-corrected chi connectivity index (χ0v) is 9.48. The SMILES string of the molecule is OC(CNCCn1ccnn1)Cn1cccn1. The molecule has 2 aromatic heterocycles. The third-order valence-corrected chi connectivity index (χ3v) is 2.33. The highest BCUT2D eigenvalue weighted by atomic mass is 16.3. The first kappa shape index (κ1) is 11.7. The Labute approximate surface area is 99.1 Å². The maximum atomic E-state index is 9.72. The quantitative estimate of drug-likeness (QED) is 0.610. The van der Waals surface area contributed by atoms with E-state index in [0.29, 0.717) is 13.1 Å². The summed E-state index contributed by atoms with van der Waals surface area (Å²) >= 11 is 0. The zero-order chi connectivity index (χ0) is 11.9. The Hall–Kier alpha value is -1.73. The van der Waals surface area contributed by atoms with E-state index < -0.39 is 6.10 Å². The van der Waals surface area contributed by atoms with E-state index in [4.69, 9.17) is 0 Å². The van der Waals surface area contributed by atoms with Crippen molar-refractivity contribution in [1.82, 2.24) is 30.1 Å². The molecule has 0 amide bonds. The molecule has 92 valence electrons. The predicted octanol–water partition coefficient (Wildman–Crippen LogP) is -0.875. The van der Waals surface area contributed by atoms with Gasteiger partial charge in [0.25, 0.3) is 0 Å². The van der Waals surface area contributed by atoms with Crippen LogP contribution in [0.3, 0.4) is 0 Å². The van der Waals surface area contributed by atoms with Crippen molar-refractivity contribution in [3.05, 3.63) is 30.9 Å². The number of hydrogen-bond acceptors (Lipinski definition) is 5. The van der Waals surface area contributed by atoms with Crippen LogP contribution in [0.25, 0.3) is 0 Å². The van der Waals surface area contributed by atoms with Crippen LogP contribution in [0.1, 0.15) is 0 Å². The number of nitrogens with one attached hydrogen (secondary N) is 1. The molecule has 7 nitrogen and oxygen atoms in total. The van der Waals surface area contributed by atoms with Gasteiger partial charge >= 0.3 is 0 Å². The molecule has 7 heteroatoms. The molecule has 2 N–H and O–H groups in total. The standard InChI is InChI=1S/C10H16N6O/c17-10(9-16-5-1-2-13-16)8-11-3-6-15-7-4-12-14-15/h1-2,4-5,7,10-11,17H,3,6,8-9H2. The largest absolute Gasteiger partial charge is 0.390 e. The summed E-state index contributed by atoms with van der Waals surface area (Å²) in [5.74, 6) is 0. The van der Waals surface area contributed by atoms with Gasteiger partial charge in [0, 0.05) is 31.7 Å². The van der Waals surface area contributed by atoms with Gasteiger partial charge in [-0.15, -0.1) is 5.10 Å². The summed E-state index contributed by atoms with van der Waals surface area (Å²) in [7, 11) is 0. The average Bonchev–Trinajstić information content (AvgIpc) is 2.96. The zero-order valence-electron chi connectivity index (χ0n) is 9.48. The molecule has 0 saturated carbocycles. The lowest BCUT2D eigenvalue weighted by atomic mass is 10.3. The van der Waals surface area contributed by atoms with Crippen molar-refractivity contribution < 1.29 is 5.11 Å². The molecule has 2 aromatic rings. The van der Waals surface area contributed by atoms with Crippen molar-refractivity contribution >= 4 is 0 Å². The lowest BCUT2D eigenvalue weighted by molar-refractivity contribution is 0.146. The average molecular weight is 236 g/mol. The van der Waals surface area contributed by atoms with Crippen LogP contribution in [-0.4, -0.2) is 49.1 Å². The van der Waals surface area contributed by atoms with Gasteiger partial charge in [-0.25, -0.2) is 0 Å². The van der Waals surface area contributed by atoms with Gasteiger partial charge in [-0.1, -0.05) is 5.21 Å². The first-order chi connectivity index (χ1) is 8.34. The van der Waals surface area contributed by atoms with Gasteiger partial charge in [0.05, 0.1) is 25.4 Å². The summed E-state index contributed by atoms with van der Waals surface area (Å²) in [6.07, 6.45) is 6.54. The third-order valence-electron chi connectivity index (χ3n) is 2.33. The Bertz CT molecular complexity index is 398. The molecule has 2 rings (SSSR count). The monoisotopic (exact) mass is 236 g/mol. The van der Waals surface area contributed by atoms with Gasteiger partial charge in [0.1, 0.15) is 0 Å². The Morgan fingerprint density at radius 2 is 2.18 bits per heavy atom. The van der Waals surface area contributed by atoms with Crippen LogP contribution in [0.5, 0.6) is 0 Å². The molecule has 0 bridgehead atoms. The normalized spacial score (nSPS) is 12.8. The van der Waals surface area contributed by atoms with Crippen LogP contribution < -0.4 is 5.32 Å². The number of hydrogen-bond donors (Lipinski definition) is 2. The molecule has 1 atom stereocenters. The third kappa shape index (κ3) is 3.97. The summed E-state index contributed by atoms with van der Waals surface area (Å²) in [4.78, 5) is 0. The number of aliphatic hydroxyl groups is 1. The Morgan fingerprint density at radius 1 is 1.24 bits per heavy atom. The van der Waals surface area contributed by atoms with E-state index in [1.165, 1.54) is 0 Å². The molecule has 0 radical (unpaired) electrons. The van der Waals surface area contributed by atoms with Crippen molar-refractivity contribution in [2.45, 2.75) is 19.2 Å². The predicted molar refractivity (Wildman–Crippen MR) is 61.1 cm³/mol. The van der Waals surface area contributed by atoms with Crippen molar-refractivity contribution in [3.63, 3.8) is 0 Å². The van der Waals surface area contributed by atoms with Crippen LogP contribution >= 0.6 is 0 Å². The minimum atomic E-state index is -0.439. The van der Waals surface area contributed by atoms with Gasteiger partial charge in [-0.2, -0.15) is 5.10 Å². The Balaban J connectivity index is 1.58. The van der Waals surface area contributed by atoms with E-state index in [1.54, 1.807) is 21.8 Å². The minimum Gasteiger partial charge on any atom is -0.390 e. The van der Waals surface area contributed by atoms with E-state index in [0.717, 1.165) is 13.1 Å². The van der Waals surface area contributed by atoms with E-state index in [1.807, 2.05) is 18.5 Å². The molecule has 0 aliphatic rings. The van der Waals surface area contributed by atoms with Crippen LogP contribution in [0.4, 0.5) is 0 Å². The van der Waals surface area contributed by atoms with E-state index in [-0.39, 0.29) is 0 Å². The number of aromatic nitrogens is 5. The van der Waals surface area contributed by atoms with Gasteiger partial charge in [0.2, 0.25) is 0 Å². The second kappa shape index (κ2) is 6.12. The first-order valence-corrected chi connectivity index (χ1v) is 5.55. The summed E-state index contributed by atoms with van der Waals surface area (Å²) in [6.45, 7) is 2.53. The molecule has 1 unspecified atom stereocenters. The van der Waals surface area contributed by atoms with Crippen molar-refractivity contribution in [3.8, 4) is 0 Å². The molecular formula is C10H16N6O.